The molecule has 0 aliphatic rings. The maximum atomic E-state index is 12.8. The maximum absolute atomic E-state index is 12.8. The van der Waals surface area contributed by atoms with E-state index >= 15 is 0 Å². The summed E-state index contributed by atoms with van der Waals surface area (Å²) in [5.74, 6) is 0.606. The highest BCUT2D eigenvalue weighted by Crippen LogP contribution is 2.16. The fraction of sp³-hybridized carbons (Fsp3) is 0.174. The van der Waals surface area contributed by atoms with Crippen LogP contribution in [0.3, 0.4) is 0 Å². The van der Waals surface area contributed by atoms with Gasteiger partial charge in [0.05, 0.1) is 6.61 Å². The number of aliphatic hydroxyl groups is 1. The number of carbonyl (C=O) groups is 1. The molecule has 0 fully saturated rings. The van der Waals surface area contributed by atoms with Gasteiger partial charge in [-0.05, 0) is 35.4 Å². The van der Waals surface area contributed by atoms with Crippen LogP contribution in [0.4, 0.5) is 0 Å². The number of hydrogen-bond donors (Lipinski definition) is 1. The monoisotopic (exact) mass is 361 g/mol. The minimum atomic E-state index is -0.109. The van der Waals surface area contributed by atoms with E-state index in [1.807, 2.05) is 60.7 Å². The van der Waals surface area contributed by atoms with Crippen LogP contribution in [0.1, 0.15) is 21.5 Å². The first-order chi connectivity index (χ1) is 13.3. The molecule has 4 heteroatoms. The predicted molar refractivity (Wildman–Crippen MR) is 105 cm³/mol. The van der Waals surface area contributed by atoms with Gasteiger partial charge in [0.25, 0.3) is 5.91 Å². The normalized spacial score (nSPS) is 10.4. The zero-order chi connectivity index (χ0) is 18.9. The summed E-state index contributed by atoms with van der Waals surface area (Å²) in [5, 5.41) is 9.32. The Morgan fingerprint density at radius 2 is 1.41 bits per heavy atom. The minimum Gasteiger partial charge on any atom is -0.489 e. The van der Waals surface area contributed by atoms with Crippen LogP contribution < -0.4 is 4.74 Å². The van der Waals surface area contributed by atoms with Crippen LogP contribution in [0.2, 0.25) is 0 Å². The van der Waals surface area contributed by atoms with Crippen LogP contribution in [-0.4, -0.2) is 29.1 Å². The third-order valence-corrected chi connectivity index (χ3v) is 4.22. The van der Waals surface area contributed by atoms with Crippen molar-refractivity contribution in [3.63, 3.8) is 0 Å². The summed E-state index contributed by atoms with van der Waals surface area (Å²) in [6.45, 7) is 1.17. The van der Waals surface area contributed by atoms with Gasteiger partial charge in [-0.2, -0.15) is 0 Å². The first kappa shape index (κ1) is 18.7. The van der Waals surface area contributed by atoms with E-state index in [1.165, 1.54) is 0 Å². The number of nitrogens with zero attached hydrogens (tertiary/aromatic N) is 1. The first-order valence-electron chi connectivity index (χ1n) is 8.97. The number of aliphatic hydroxyl groups excluding tert-OH is 1. The lowest BCUT2D eigenvalue weighted by Crippen LogP contribution is -2.33. The highest BCUT2D eigenvalue weighted by Gasteiger charge is 2.15. The molecule has 0 unspecified atom stereocenters. The average Bonchev–Trinajstić information content (AvgIpc) is 2.73. The summed E-state index contributed by atoms with van der Waals surface area (Å²) >= 11 is 0. The van der Waals surface area contributed by atoms with Crippen LogP contribution in [0.15, 0.2) is 84.9 Å². The Labute approximate surface area is 159 Å². The van der Waals surface area contributed by atoms with Crippen molar-refractivity contribution in [2.45, 2.75) is 13.2 Å². The zero-order valence-electron chi connectivity index (χ0n) is 15.1. The third kappa shape index (κ3) is 5.43. The highest BCUT2D eigenvalue weighted by atomic mass is 16.5. The second-order valence-corrected chi connectivity index (χ2v) is 6.23. The molecule has 4 nitrogen and oxygen atoms in total. The summed E-state index contributed by atoms with van der Waals surface area (Å²) in [6.07, 6.45) is 0. The Morgan fingerprint density at radius 3 is 2.00 bits per heavy atom. The van der Waals surface area contributed by atoms with E-state index in [2.05, 4.69) is 0 Å². The number of amides is 1. The number of rotatable bonds is 8. The van der Waals surface area contributed by atoms with Crippen molar-refractivity contribution in [1.82, 2.24) is 4.90 Å². The van der Waals surface area contributed by atoms with Crippen LogP contribution >= 0.6 is 0 Å². The summed E-state index contributed by atoms with van der Waals surface area (Å²) < 4.78 is 5.77. The van der Waals surface area contributed by atoms with Gasteiger partial charge < -0.3 is 14.7 Å². The van der Waals surface area contributed by atoms with Crippen molar-refractivity contribution in [1.29, 1.82) is 0 Å². The van der Waals surface area contributed by atoms with Crippen molar-refractivity contribution in [3.8, 4) is 5.75 Å². The quantitative estimate of drug-likeness (QED) is 0.662. The van der Waals surface area contributed by atoms with E-state index in [1.54, 1.807) is 29.2 Å². The average molecular weight is 361 g/mol. The molecule has 0 saturated heterocycles. The van der Waals surface area contributed by atoms with Crippen LogP contribution in [0.25, 0.3) is 0 Å². The topological polar surface area (TPSA) is 49.8 Å². The van der Waals surface area contributed by atoms with Gasteiger partial charge in [-0.1, -0.05) is 60.7 Å². The van der Waals surface area contributed by atoms with Gasteiger partial charge in [-0.3, -0.25) is 4.79 Å². The molecule has 0 heterocycles. The standard InChI is InChI=1S/C23H23NO3/c25-16-15-24(17-19-7-3-1-4-8-19)23(26)21-11-13-22(14-12-21)27-18-20-9-5-2-6-10-20/h1-14,25H,15-18H2. The lowest BCUT2D eigenvalue weighted by Gasteiger charge is -2.22. The Balaban J connectivity index is 1.64. The van der Waals surface area contributed by atoms with Crippen LogP contribution in [0.5, 0.6) is 5.75 Å². The molecule has 1 amide bonds. The van der Waals surface area contributed by atoms with E-state index in [0.29, 0.717) is 31.0 Å². The fourth-order valence-electron chi connectivity index (χ4n) is 2.79. The van der Waals surface area contributed by atoms with Crippen molar-refractivity contribution in [2.75, 3.05) is 13.2 Å². The number of carbonyl (C=O) groups excluding carboxylic acids is 1. The predicted octanol–water partition coefficient (Wildman–Crippen LogP) is 3.90. The van der Waals surface area contributed by atoms with Crippen molar-refractivity contribution in [2.24, 2.45) is 0 Å². The molecule has 3 rings (SSSR count). The van der Waals surface area contributed by atoms with Gasteiger partial charge >= 0.3 is 0 Å². The smallest absolute Gasteiger partial charge is 0.254 e. The Bertz CT molecular complexity index is 833. The number of hydrogen-bond acceptors (Lipinski definition) is 3. The molecule has 0 aliphatic carbocycles. The van der Waals surface area contributed by atoms with Gasteiger partial charge in [-0.15, -0.1) is 0 Å². The molecule has 3 aromatic rings. The molecule has 0 radical (unpaired) electrons. The van der Waals surface area contributed by atoms with E-state index in [-0.39, 0.29) is 12.5 Å². The van der Waals surface area contributed by atoms with Crippen molar-refractivity contribution in [3.05, 3.63) is 102 Å². The molecular formula is C23H23NO3. The molecule has 1 N–H and O–H groups in total. The summed E-state index contributed by atoms with van der Waals surface area (Å²) in [4.78, 5) is 14.5. The Hall–Kier alpha value is -3.11. The molecule has 0 saturated carbocycles. The molecule has 0 atom stereocenters. The first-order valence-corrected chi connectivity index (χ1v) is 8.97. The maximum Gasteiger partial charge on any atom is 0.254 e. The molecule has 0 bridgehead atoms. The fourth-order valence-corrected chi connectivity index (χ4v) is 2.79. The van der Waals surface area contributed by atoms with Crippen LogP contribution in [0, 0.1) is 0 Å². The number of benzene rings is 3. The summed E-state index contributed by atoms with van der Waals surface area (Å²) in [6, 6.07) is 26.8. The number of ether oxygens (including phenoxy) is 1. The van der Waals surface area contributed by atoms with Gasteiger partial charge in [0.2, 0.25) is 0 Å². The van der Waals surface area contributed by atoms with Crippen LogP contribution in [-0.2, 0) is 13.2 Å². The largest absolute Gasteiger partial charge is 0.489 e. The van der Waals surface area contributed by atoms with Gasteiger partial charge in [0.15, 0.2) is 0 Å². The minimum absolute atomic E-state index is 0.0726. The van der Waals surface area contributed by atoms with Gasteiger partial charge in [0, 0.05) is 18.7 Å². The molecule has 138 valence electrons. The SMILES string of the molecule is O=C(c1ccc(OCc2ccccc2)cc1)N(CCO)Cc1ccccc1. The molecule has 0 aromatic heterocycles. The molecule has 3 aromatic carbocycles. The molecule has 27 heavy (non-hydrogen) atoms. The molecule has 0 aliphatic heterocycles. The van der Waals surface area contributed by atoms with E-state index in [0.717, 1.165) is 11.1 Å². The summed E-state index contributed by atoms with van der Waals surface area (Å²) in [7, 11) is 0. The lowest BCUT2D eigenvalue weighted by atomic mass is 10.1. The zero-order valence-corrected chi connectivity index (χ0v) is 15.1. The second-order valence-electron chi connectivity index (χ2n) is 6.23. The second kappa shape index (κ2) is 9.55. The van der Waals surface area contributed by atoms with E-state index in [9.17, 15) is 9.90 Å². The van der Waals surface area contributed by atoms with Crippen molar-refractivity contribution >= 4 is 5.91 Å². The lowest BCUT2D eigenvalue weighted by molar-refractivity contribution is 0.0708. The van der Waals surface area contributed by atoms with Gasteiger partial charge in [0.1, 0.15) is 12.4 Å². The molecule has 0 spiro atoms. The molecular weight excluding hydrogens is 338 g/mol. The third-order valence-electron chi connectivity index (χ3n) is 4.22. The Morgan fingerprint density at radius 1 is 0.815 bits per heavy atom. The van der Waals surface area contributed by atoms with E-state index in [4.69, 9.17) is 4.74 Å². The summed E-state index contributed by atoms with van der Waals surface area (Å²) in [5.41, 5.74) is 2.70. The Kier molecular flexibility index (Phi) is 6.61. The van der Waals surface area contributed by atoms with Gasteiger partial charge in [-0.25, -0.2) is 0 Å². The highest BCUT2D eigenvalue weighted by molar-refractivity contribution is 5.94. The van der Waals surface area contributed by atoms with E-state index < -0.39 is 0 Å². The van der Waals surface area contributed by atoms with Crippen molar-refractivity contribution < 1.29 is 14.6 Å².